The maximum absolute atomic E-state index is 6.88. The number of benzene rings is 8. The average Bonchev–Trinajstić information content (AvgIpc) is 3.47. The number of rotatable bonds is 3. The highest BCUT2D eigenvalue weighted by Crippen LogP contribution is 2.47. The highest BCUT2D eigenvalue weighted by Gasteiger charge is 2.21. The van der Waals surface area contributed by atoms with Gasteiger partial charge in [0.05, 0.1) is 0 Å². The van der Waals surface area contributed by atoms with Gasteiger partial charge in [0.1, 0.15) is 11.2 Å². The molecule has 0 N–H and O–H groups in total. The molecule has 0 fully saturated rings. The Morgan fingerprint density at radius 2 is 0.814 bits per heavy atom. The quantitative estimate of drug-likeness (QED) is 0.201. The van der Waals surface area contributed by atoms with Crippen molar-refractivity contribution in [1.82, 2.24) is 0 Å². The van der Waals surface area contributed by atoms with Gasteiger partial charge in [0.2, 0.25) is 0 Å². The predicted molar refractivity (Wildman–Crippen MR) is 183 cm³/mol. The van der Waals surface area contributed by atoms with Gasteiger partial charge in [-0.05, 0) is 55.1 Å². The molecule has 0 saturated heterocycles. The molecule has 0 atom stereocenters. The summed E-state index contributed by atoms with van der Waals surface area (Å²) in [7, 11) is 0. The number of hydrogen-bond donors (Lipinski definition) is 0. The van der Waals surface area contributed by atoms with Crippen LogP contribution in [-0.2, 0) is 0 Å². The van der Waals surface area contributed by atoms with Crippen molar-refractivity contribution in [3.05, 3.63) is 158 Å². The third-order valence-electron chi connectivity index (χ3n) is 8.85. The first-order valence-electron chi connectivity index (χ1n) is 14.8. The molecule has 9 rings (SSSR count). The molecule has 1 heteroatoms. The Balaban J connectivity index is 1.38. The fourth-order valence-electron chi connectivity index (χ4n) is 6.94. The SMILES string of the molecule is c1ccc(-c2cccc3c2oc2c(-c4c5ccccc5c(-c5ccc6ccccc6c5)c5ccccc45)cccc23)cc1. The van der Waals surface area contributed by atoms with Crippen LogP contribution in [0.25, 0.3) is 87.6 Å². The Morgan fingerprint density at radius 3 is 1.49 bits per heavy atom. The first-order chi connectivity index (χ1) is 21.3. The van der Waals surface area contributed by atoms with E-state index in [0.29, 0.717) is 0 Å². The van der Waals surface area contributed by atoms with E-state index in [-0.39, 0.29) is 0 Å². The smallest absolute Gasteiger partial charge is 0.143 e. The zero-order chi connectivity index (χ0) is 28.3. The molecule has 0 aliphatic carbocycles. The fraction of sp³-hybridized carbons (Fsp3) is 0. The van der Waals surface area contributed by atoms with Gasteiger partial charge < -0.3 is 4.42 Å². The predicted octanol–water partition coefficient (Wildman–Crippen LogP) is 12.0. The maximum Gasteiger partial charge on any atom is 0.143 e. The van der Waals surface area contributed by atoms with Crippen molar-refractivity contribution in [2.24, 2.45) is 0 Å². The fourth-order valence-corrected chi connectivity index (χ4v) is 6.94. The number of para-hydroxylation sites is 2. The summed E-state index contributed by atoms with van der Waals surface area (Å²) in [6, 6.07) is 56.6. The van der Waals surface area contributed by atoms with Crippen molar-refractivity contribution in [3.63, 3.8) is 0 Å². The standard InChI is InChI=1S/C42H26O/c1-2-13-28(14-3-1)31-20-10-21-36-37-22-11-23-38(42(37)43-41(31)36)40-34-18-8-6-16-32(34)39(33-17-7-9-19-35(33)40)30-25-24-27-12-4-5-15-29(27)26-30/h1-26H. The molecule has 0 aliphatic rings. The lowest BCUT2D eigenvalue weighted by Gasteiger charge is -2.18. The Hall–Kier alpha value is -5.66. The van der Waals surface area contributed by atoms with Gasteiger partial charge in [-0.15, -0.1) is 0 Å². The van der Waals surface area contributed by atoms with Gasteiger partial charge in [-0.25, -0.2) is 0 Å². The van der Waals surface area contributed by atoms with Crippen LogP contribution >= 0.6 is 0 Å². The lowest BCUT2D eigenvalue weighted by molar-refractivity contribution is 0.671. The van der Waals surface area contributed by atoms with Crippen LogP contribution in [0.2, 0.25) is 0 Å². The molecule has 43 heavy (non-hydrogen) atoms. The zero-order valence-electron chi connectivity index (χ0n) is 23.4. The summed E-state index contributed by atoms with van der Waals surface area (Å²) < 4.78 is 6.88. The minimum Gasteiger partial charge on any atom is -0.455 e. The third kappa shape index (κ3) is 3.65. The van der Waals surface area contributed by atoms with Crippen LogP contribution in [0.3, 0.4) is 0 Å². The Labute approximate surface area is 249 Å². The molecule has 1 nitrogen and oxygen atoms in total. The summed E-state index contributed by atoms with van der Waals surface area (Å²) in [5.41, 5.74) is 8.95. The highest BCUT2D eigenvalue weighted by molar-refractivity contribution is 6.24. The van der Waals surface area contributed by atoms with Crippen molar-refractivity contribution >= 4 is 54.3 Å². The van der Waals surface area contributed by atoms with E-state index in [4.69, 9.17) is 4.42 Å². The molecular formula is C42H26O. The molecule has 0 unspecified atom stereocenters. The monoisotopic (exact) mass is 546 g/mol. The van der Waals surface area contributed by atoms with E-state index in [0.717, 1.165) is 38.6 Å². The molecule has 0 spiro atoms. The molecule has 9 aromatic rings. The van der Waals surface area contributed by atoms with Crippen molar-refractivity contribution in [3.8, 4) is 33.4 Å². The van der Waals surface area contributed by atoms with E-state index in [1.165, 1.54) is 49.0 Å². The molecule has 0 aliphatic heterocycles. The molecule has 1 heterocycles. The Morgan fingerprint density at radius 1 is 0.302 bits per heavy atom. The first kappa shape index (κ1) is 24.0. The van der Waals surface area contributed by atoms with E-state index >= 15 is 0 Å². The minimum atomic E-state index is 0.926. The Bertz CT molecular complexity index is 2440. The van der Waals surface area contributed by atoms with Gasteiger partial charge in [0, 0.05) is 27.5 Å². The summed E-state index contributed by atoms with van der Waals surface area (Å²) >= 11 is 0. The van der Waals surface area contributed by atoms with Crippen LogP contribution < -0.4 is 0 Å². The van der Waals surface area contributed by atoms with E-state index in [1.807, 2.05) is 0 Å². The third-order valence-corrected chi connectivity index (χ3v) is 8.85. The zero-order valence-corrected chi connectivity index (χ0v) is 23.4. The molecule has 0 radical (unpaired) electrons. The summed E-state index contributed by atoms with van der Waals surface area (Å²) in [6.07, 6.45) is 0. The van der Waals surface area contributed by atoms with Crippen LogP contribution in [0.1, 0.15) is 0 Å². The van der Waals surface area contributed by atoms with E-state index in [1.54, 1.807) is 0 Å². The lowest BCUT2D eigenvalue weighted by atomic mass is 9.85. The first-order valence-corrected chi connectivity index (χ1v) is 14.8. The second-order valence-corrected chi connectivity index (χ2v) is 11.2. The summed E-state index contributed by atoms with van der Waals surface area (Å²) in [4.78, 5) is 0. The average molecular weight is 547 g/mol. The molecular weight excluding hydrogens is 520 g/mol. The molecule has 0 saturated carbocycles. The topological polar surface area (TPSA) is 13.1 Å². The minimum absolute atomic E-state index is 0.926. The number of fused-ring (bicyclic) bond motifs is 6. The van der Waals surface area contributed by atoms with E-state index < -0.39 is 0 Å². The van der Waals surface area contributed by atoms with Gasteiger partial charge in [0.15, 0.2) is 0 Å². The van der Waals surface area contributed by atoms with Crippen molar-refractivity contribution < 1.29 is 4.42 Å². The van der Waals surface area contributed by atoms with Gasteiger partial charge in [-0.2, -0.15) is 0 Å². The van der Waals surface area contributed by atoms with Crippen molar-refractivity contribution in [2.45, 2.75) is 0 Å². The van der Waals surface area contributed by atoms with Gasteiger partial charge in [0.25, 0.3) is 0 Å². The second kappa shape index (κ2) is 9.44. The molecule has 0 bridgehead atoms. The molecule has 1 aromatic heterocycles. The van der Waals surface area contributed by atoms with Crippen LogP contribution in [0.5, 0.6) is 0 Å². The number of furan rings is 1. The molecule has 0 amide bonds. The van der Waals surface area contributed by atoms with E-state index in [2.05, 4.69) is 158 Å². The van der Waals surface area contributed by atoms with Crippen molar-refractivity contribution in [2.75, 3.05) is 0 Å². The summed E-state index contributed by atoms with van der Waals surface area (Å²) in [5.74, 6) is 0. The van der Waals surface area contributed by atoms with Crippen LogP contribution in [-0.4, -0.2) is 0 Å². The maximum atomic E-state index is 6.88. The molecule has 8 aromatic carbocycles. The van der Waals surface area contributed by atoms with Crippen LogP contribution in [0, 0.1) is 0 Å². The number of hydrogen-bond acceptors (Lipinski definition) is 1. The largest absolute Gasteiger partial charge is 0.455 e. The Kier molecular flexibility index (Phi) is 5.27. The van der Waals surface area contributed by atoms with Gasteiger partial charge in [-0.3, -0.25) is 0 Å². The lowest BCUT2D eigenvalue weighted by Crippen LogP contribution is -1.91. The summed E-state index contributed by atoms with van der Waals surface area (Å²) in [6.45, 7) is 0. The van der Waals surface area contributed by atoms with E-state index in [9.17, 15) is 0 Å². The molecule has 200 valence electrons. The van der Waals surface area contributed by atoms with Crippen molar-refractivity contribution in [1.29, 1.82) is 0 Å². The van der Waals surface area contributed by atoms with Crippen LogP contribution in [0.4, 0.5) is 0 Å². The summed E-state index contributed by atoms with van der Waals surface area (Å²) in [5, 5.41) is 9.70. The van der Waals surface area contributed by atoms with Gasteiger partial charge in [-0.1, -0.05) is 152 Å². The normalized spacial score (nSPS) is 11.7. The second-order valence-electron chi connectivity index (χ2n) is 11.2. The van der Waals surface area contributed by atoms with Crippen LogP contribution in [0.15, 0.2) is 162 Å². The van der Waals surface area contributed by atoms with Gasteiger partial charge >= 0.3 is 0 Å². The highest BCUT2D eigenvalue weighted by atomic mass is 16.3.